The average molecular weight is 231 g/mol. The molecule has 0 atom stereocenters. The summed E-state index contributed by atoms with van der Waals surface area (Å²) in [4.78, 5) is 14.0. The van der Waals surface area contributed by atoms with Gasteiger partial charge in [-0.15, -0.1) is 0 Å². The lowest BCUT2D eigenvalue weighted by atomic mass is 9.92. The van der Waals surface area contributed by atoms with E-state index in [0.29, 0.717) is 11.5 Å². The summed E-state index contributed by atoms with van der Waals surface area (Å²) in [5.74, 6) is 2.07. The molecule has 0 saturated carbocycles. The molecule has 0 fully saturated rings. The van der Waals surface area contributed by atoms with Gasteiger partial charge in [-0.3, -0.25) is 4.79 Å². The van der Waals surface area contributed by atoms with Gasteiger partial charge in [0.1, 0.15) is 5.78 Å². The van der Waals surface area contributed by atoms with Crippen molar-refractivity contribution in [2.75, 3.05) is 31.1 Å². The van der Waals surface area contributed by atoms with E-state index < -0.39 is 0 Å². The van der Waals surface area contributed by atoms with E-state index in [4.69, 9.17) is 0 Å². The number of thioether (sulfide) groups is 1. The molecule has 0 radical (unpaired) electrons. The van der Waals surface area contributed by atoms with Gasteiger partial charge in [0, 0.05) is 17.7 Å². The van der Waals surface area contributed by atoms with Crippen LogP contribution in [0.1, 0.15) is 34.6 Å². The van der Waals surface area contributed by atoms with Crippen molar-refractivity contribution >= 4 is 17.5 Å². The molecule has 0 rings (SSSR count). The predicted octanol–water partition coefficient (Wildman–Crippen LogP) is 2.68. The van der Waals surface area contributed by atoms with E-state index in [0.717, 1.165) is 25.4 Å². The topological polar surface area (TPSA) is 20.3 Å². The SMILES string of the molecule is CCN(CC)CCSCC(=O)C(C)(C)C. The Morgan fingerprint density at radius 3 is 2.13 bits per heavy atom. The van der Waals surface area contributed by atoms with Gasteiger partial charge in [-0.2, -0.15) is 11.8 Å². The van der Waals surface area contributed by atoms with Crippen molar-refractivity contribution in [1.82, 2.24) is 4.90 Å². The third-order valence-electron chi connectivity index (χ3n) is 2.52. The molecule has 15 heavy (non-hydrogen) atoms. The maximum absolute atomic E-state index is 11.6. The minimum atomic E-state index is -0.178. The summed E-state index contributed by atoms with van der Waals surface area (Å²) in [6.07, 6.45) is 0. The Morgan fingerprint density at radius 1 is 1.20 bits per heavy atom. The van der Waals surface area contributed by atoms with E-state index >= 15 is 0 Å². The van der Waals surface area contributed by atoms with E-state index in [1.54, 1.807) is 11.8 Å². The standard InChI is InChI=1S/C12H25NOS/c1-6-13(7-2)8-9-15-10-11(14)12(3,4)5/h6-10H2,1-5H3. The first-order valence-electron chi connectivity index (χ1n) is 5.75. The third kappa shape index (κ3) is 6.96. The molecule has 0 aliphatic heterocycles. The van der Waals surface area contributed by atoms with Crippen LogP contribution in [0.2, 0.25) is 0 Å². The number of carbonyl (C=O) groups excluding carboxylic acids is 1. The Kier molecular flexibility index (Phi) is 7.28. The highest BCUT2D eigenvalue weighted by Crippen LogP contribution is 2.17. The van der Waals surface area contributed by atoms with Crippen LogP contribution in [0.3, 0.4) is 0 Å². The van der Waals surface area contributed by atoms with Crippen LogP contribution >= 0.6 is 11.8 Å². The number of ketones is 1. The van der Waals surface area contributed by atoms with E-state index in [2.05, 4.69) is 18.7 Å². The van der Waals surface area contributed by atoms with E-state index in [1.807, 2.05) is 20.8 Å². The van der Waals surface area contributed by atoms with Crippen LogP contribution in [0.25, 0.3) is 0 Å². The Labute approximate surface area is 98.8 Å². The Hall–Kier alpha value is -0.0200. The lowest BCUT2D eigenvalue weighted by molar-refractivity contribution is -0.123. The van der Waals surface area contributed by atoms with Crippen LogP contribution in [0.4, 0.5) is 0 Å². The molecule has 3 heteroatoms. The summed E-state index contributed by atoms with van der Waals surface area (Å²) in [6.45, 7) is 13.6. The van der Waals surface area contributed by atoms with E-state index in [9.17, 15) is 4.79 Å². The van der Waals surface area contributed by atoms with E-state index in [1.165, 1.54) is 0 Å². The molecule has 0 unspecified atom stereocenters. The van der Waals surface area contributed by atoms with Crippen molar-refractivity contribution in [3.05, 3.63) is 0 Å². The Bertz CT molecular complexity index is 183. The Morgan fingerprint density at radius 2 is 1.73 bits per heavy atom. The van der Waals surface area contributed by atoms with Crippen molar-refractivity contribution in [2.45, 2.75) is 34.6 Å². The number of rotatable bonds is 7. The molecule has 0 bridgehead atoms. The second-order valence-electron chi connectivity index (χ2n) is 4.75. The molecule has 0 N–H and O–H groups in total. The minimum absolute atomic E-state index is 0.178. The molecule has 2 nitrogen and oxygen atoms in total. The number of carbonyl (C=O) groups is 1. The van der Waals surface area contributed by atoms with Crippen LogP contribution in [0.5, 0.6) is 0 Å². The zero-order valence-corrected chi connectivity index (χ0v) is 11.6. The molecular formula is C12H25NOS. The number of nitrogens with zero attached hydrogens (tertiary/aromatic N) is 1. The van der Waals surface area contributed by atoms with Gasteiger partial charge in [0.25, 0.3) is 0 Å². The minimum Gasteiger partial charge on any atom is -0.303 e. The van der Waals surface area contributed by atoms with Crippen LogP contribution < -0.4 is 0 Å². The molecule has 0 spiro atoms. The largest absolute Gasteiger partial charge is 0.303 e. The second kappa shape index (κ2) is 7.29. The summed E-state index contributed by atoms with van der Waals surface area (Å²) >= 11 is 1.76. The predicted molar refractivity (Wildman–Crippen MR) is 69.6 cm³/mol. The van der Waals surface area contributed by atoms with Crippen LogP contribution in [0.15, 0.2) is 0 Å². The fourth-order valence-corrected chi connectivity index (χ4v) is 2.26. The molecular weight excluding hydrogens is 206 g/mol. The summed E-state index contributed by atoms with van der Waals surface area (Å²) in [7, 11) is 0. The molecule has 0 saturated heterocycles. The van der Waals surface area contributed by atoms with Crippen LogP contribution in [-0.4, -0.2) is 41.8 Å². The van der Waals surface area contributed by atoms with Crippen LogP contribution in [0, 0.1) is 5.41 Å². The highest BCUT2D eigenvalue weighted by Gasteiger charge is 2.20. The maximum Gasteiger partial charge on any atom is 0.148 e. The van der Waals surface area contributed by atoms with Crippen molar-refractivity contribution in [3.8, 4) is 0 Å². The monoisotopic (exact) mass is 231 g/mol. The van der Waals surface area contributed by atoms with Crippen LogP contribution in [-0.2, 0) is 4.79 Å². The quantitative estimate of drug-likeness (QED) is 0.628. The third-order valence-corrected chi connectivity index (χ3v) is 3.45. The lowest BCUT2D eigenvalue weighted by Crippen LogP contribution is -2.26. The molecule has 0 aromatic rings. The molecule has 0 aliphatic carbocycles. The molecule has 0 aromatic heterocycles. The number of hydrogen-bond acceptors (Lipinski definition) is 3. The van der Waals surface area contributed by atoms with Crippen molar-refractivity contribution in [3.63, 3.8) is 0 Å². The van der Waals surface area contributed by atoms with Crippen molar-refractivity contribution < 1.29 is 4.79 Å². The number of Topliss-reactive ketones (excluding diaryl/α,β-unsaturated/α-hetero) is 1. The first kappa shape index (κ1) is 15.0. The van der Waals surface area contributed by atoms with Gasteiger partial charge in [0.2, 0.25) is 0 Å². The summed E-state index contributed by atoms with van der Waals surface area (Å²) in [5.41, 5.74) is -0.178. The van der Waals surface area contributed by atoms with Gasteiger partial charge in [0.05, 0.1) is 5.75 Å². The molecule has 0 aliphatic rings. The van der Waals surface area contributed by atoms with Gasteiger partial charge < -0.3 is 4.90 Å². The van der Waals surface area contributed by atoms with Gasteiger partial charge in [-0.1, -0.05) is 34.6 Å². The van der Waals surface area contributed by atoms with Gasteiger partial charge in [-0.25, -0.2) is 0 Å². The van der Waals surface area contributed by atoms with Gasteiger partial charge >= 0.3 is 0 Å². The molecule has 0 aromatic carbocycles. The summed E-state index contributed by atoms with van der Waals surface area (Å²) in [6, 6.07) is 0. The Balaban J connectivity index is 3.59. The van der Waals surface area contributed by atoms with E-state index in [-0.39, 0.29) is 5.41 Å². The zero-order chi connectivity index (χ0) is 11.9. The highest BCUT2D eigenvalue weighted by atomic mass is 32.2. The first-order chi connectivity index (χ1) is 6.91. The van der Waals surface area contributed by atoms with Gasteiger partial charge in [-0.05, 0) is 13.1 Å². The lowest BCUT2D eigenvalue weighted by Gasteiger charge is -2.19. The molecule has 0 heterocycles. The maximum atomic E-state index is 11.6. The number of hydrogen-bond donors (Lipinski definition) is 0. The normalized spacial score (nSPS) is 12.1. The van der Waals surface area contributed by atoms with Gasteiger partial charge in [0.15, 0.2) is 0 Å². The fourth-order valence-electron chi connectivity index (χ4n) is 1.11. The molecule has 0 amide bonds. The zero-order valence-electron chi connectivity index (χ0n) is 10.8. The highest BCUT2D eigenvalue weighted by molar-refractivity contribution is 7.99. The summed E-state index contributed by atoms with van der Waals surface area (Å²) < 4.78 is 0. The fraction of sp³-hybridized carbons (Fsp3) is 0.917. The smallest absolute Gasteiger partial charge is 0.148 e. The second-order valence-corrected chi connectivity index (χ2v) is 5.86. The summed E-state index contributed by atoms with van der Waals surface area (Å²) in [5, 5.41) is 0. The average Bonchev–Trinajstić information content (AvgIpc) is 2.16. The van der Waals surface area contributed by atoms with Crippen molar-refractivity contribution in [2.24, 2.45) is 5.41 Å². The van der Waals surface area contributed by atoms with Crippen molar-refractivity contribution in [1.29, 1.82) is 0 Å². The molecule has 90 valence electrons. The first-order valence-corrected chi connectivity index (χ1v) is 6.90.